The molecule has 0 aliphatic rings. The second-order valence-corrected chi connectivity index (χ2v) is 4.52. The summed E-state index contributed by atoms with van der Waals surface area (Å²) in [5, 5.41) is 18.5. The number of nitrogens with two attached hydrogens (primary N) is 1. The summed E-state index contributed by atoms with van der Waals surface area (Å²) in [5.41, 5.74) is 6.88. The van der Waals surface area contributed by atoms with Crippen molar-refractivity contribution in [3.8, 4) is 11.5 Å². The number of carboxylic acids is 1. The molecule has 5 nitrogen and oxygen atoms in total. The Morgan fingerprint density at radius 3 is 2.71 bits per heavy atom. The first-order valence-corrected chi connectivity index (χ1v) is 5.71. The zero-order valence-electron chi connectivity index (χ0n) is 9.53. The Hall–Kier alpha value is -1.27. The molecule has 1 unspecified atom stereocenters. The van der Waals surface area contributed by atoms with Crippen molar-refractivity contribution in [2.75, 3.05) is 7.11 Å². The van der Waals surface area contributed by atoms with Gasteiger partial charge in [0, 0.05) is 16.5 Å². The summed E-state index contributed by atoms with van der Waals surface area (Å²) in [7, 11) is 1.41. The van der Waals surface area contributed by atoms with Gasteiger partial charge in [-0.15, -0.1) is 0 Å². The molecule has 6 heteroatoms. The maximum atomic E-state index is 10.7. The van der Waals surface area contributed by atoms with E-state index in [9.17, 15) is 9.90 Å². The Bertz CT molecular complexity index is 448. The maximum Gasteiger partial charge on any atom is 0.320 e. The molecule has 1 rings (SSSR count). The van der Waals surface area contributed by atoms with E-state index in [1.165, 1.54) is 13.2 Å². The van der Waals surface area contributed by atoms with E-state index < -0.39 is 12.0 Å². The van der Waals surface area contributed by atoms with Crippen molar-refractivity contribution in [2.45, 2.75) is 19.4 Å². The lowest BCUT2D eigenvalue weighted by molar-refractivity contribution is -0.138. The first kappa shape index (κ1) is 13.8. The van der Waals surface area contributed by atoms with Crippen LogP contribution < -0.4 is 10.5 Å². The van der Waals surface area contributed by atoms with Crippen LogP contribution in [0.4, 0.5) is 0 Å². The molecule has 0 radical (unpaired) electrons. The largest absolute Gasteiger partial charge is 0.504 e. The number of phenolic OH excluding ortho intramolecular Hbond substituents is 1. The number of carboxylic acid groups (broad SMARTS) is 1. The number of rotatable bonds is 4. The van der Waals surface area contributed by atoms with E-state index in [-0.39, 0.29) is 17.9 Å². The molecule has 0 heterocycles. The number of methoxy groups -OCH3 is 1. The van der Waals surface area contributed by atoms with Crippen molar-refractivity contribution in [2.24, 2.45) is 5.73 Å². The summed E-state index contributed by atoms with van der Waals surface area (Å²) >= 11 is 3.28. The number of hydrogen-bond acceptors (Lipinski definition) is 4. The SMILES string of the molecule is COc1c(O)cc(Br)c(C)c1CC(N)C(=O)O. The molecule has 4 N–H and O–H groups in total. The summed E-state index contributed by atoms with van der Waals surface area (Å²) in [6, 6.07) is 0.473. The predicted molar refractivity (Wildman–Crippen MR) is 66.4 cm³/mol. The van der Waals surface area contributed by atoms with Crippen molar-refractivity contribution < 1.29 is 19.7 Å². The van der Waals surface area contributed by atoms with E-state index in [1.807, 2.05) is 0 Å². The number of carbonyl (C=O) groups is 1. The number of aliphatic carboxylic acids is 1. The van der Waals surface area contributed by atoms with Crippen molar-refractivity contribution >= 4 is 21.9 Å². The highest BCUT2D eigenvalue weighted by Crippen LogP contribution is 2.37. The van der Waals surface area contributed by atoms with Crippen LogP contribution in [0.3, 0.4) is 0 Å². The van der Waals surface area contributed by atoms with Gasteiger partial charge in [0.1, 0.15) is 6.04 Å². The summed E-state index contributed by atoms with van der Waals surface area (Å²) < 4.78 is 5.76. The molecule has 0 saturated heterocycles. The third-order valence-electron chi connectivity index (χ3n) is 2.53. The molecule has 94 valence electrons. The van der Waals surface area contributed by atoms with Gasteiger partial charge in [0.2, 0.25) is 0 Å². The van der Waals surface area contributed by atoms with Crippen molar-refractivity contribution in [1.82, 2.24) is 0 Å². The second kappa shape index (κ2) is 5.37. The van der Waals surface area contributed by atoms with Crippen molar-refractivity contribution in [3.63, 3.8) is 0 Å². The summed E-state index contributed by atoms with van der Waals surface area (Å²) in [4.78, 5) is 10.7. The zero-order chi connectivity index (χ0) is 13.2. The third kappa shape index (κ3) is 2.89. The Labute approximate surface area is 107 Å². The van der Waals surface area contributed by atoms with E-state index in [0.717, 1.165) is 5.56 Å². The van der Waals surface area contributed by atoms with Gasteiger partial charge >= 0.3 is 5.97 Å². The first-order valence-electron chi connectivity index (χ1n) is 4.91. The Kier molecular flexibility index (Phi) is 4.36. The third-order valence-corrected chi connectivity index (χ3v) is 3.35. The lowest BCUT2D eigenvalue weighted by Gasteiger charge is -2.16. The van der Waals surface area contributed by atoms with Crippen LogP contribution in [0.1, 0.15) is 11.1 Å². The fourth-order valence-electron chi connectivity index (χ4n) is 1.54. The highest BCUT2D eigenvalue weighted by atomic mass is 79.9. The number of hydrogen-bond donors (Lipinski definition) is 3. The molecule has 0 aromatic heterocycles. The molecule has 17 heavy (non-hydrogen) atoms. The predicted octanol–water partition coefficient (Wildman–Crippen LogP) is 1.43. The fourth-order valence-corrected chi connectivity index (χ4v) is 2.00. The van der Waals surface area contributed by atoms with Crippen LogP contribution in [0.25, 0.3) is 0 Å². The quantitative estimate of drug-likeness (QED) is 0.782. The van der Waals surface area contributed by atoms with Gasteiger partial charge in [-0.05, 0) is 18.6 Å². The molecule has 1 aromatic carbocycles. The Morgan fingerprint density at radius 1 is 1.65 bits per heavy atom. The smallest absolute Gasteiger partial charge is 0.320 e. The minimum Gasteiger partial charge on any atom is -0.504 e. The molecule has 0 aliphatic carbocycles. The van der Waals surface area contributed by atoms with Crippen LogP contribution in [0.2, 0.25) is 0 Å². The van der Waals surface area contributed by atoms with E-state index >= 15 is 0 Å². The molecule has 0 amide bonds. The lowest BCUT2D eigenvalue weighted by atomic mass is 10.00. The molecule has 0 bridgehead atoms. The van der Waals surface area contributed by atoms with Crippen molar-refractivity contribution in [1.29, 1.82) is 0 Å². The van der Waals surface area contributed by atoms with Crippen LogP contribution in [0.5, 0.6) is 11.5 Å². The number of phenols is 1. The summed E-state index contributed by atoms with van der Waals surface area (Å²) in [6.45, 7) is 1.80. The van der Waals surface area contributed by atoms with E-state index in [4.69, 9.17) is 15.6 Å². The average Bonchev–Trinajstić information content (AvgIpc) is 2.25. The molecule has 0 aliphatic heterocycles. The zero-order valence-corrected chi connectivity index (χ0v) is 11.1. The number of benzene rings is 1. The van der Waals surface area contributed by atoms with Gasteiger partial charge in [0.15, 0.2) is 11.5 Å². The van der Waals surface area contributed by atoms with Crippen LogP contribution in [0.15, 0.2) is 10.5 Å². The molecule has 1 atom stereocenters. The van der Waals surface area contributed by atoms with Gasteiger partial charge in [-0.25, -0.2) is 0 Å². The molecule has 0 fully saturated rings. The highest BCUT2D eigenvalue weighted by Gasteiger charge is 2.20. The second-order valence-electron chi connectivity index (χ2n) is 3.66. The van der Waals surface area contributed by atoms with Gasteiger partial charge in [-0.1, -0.05) is 15.9 Å². The molecule has 1 aromatic rings. The standard InChI is InChI=1S/C11H14BrNO4/c1-5-6(3-8(13)11(15)16)10(17-2)9(14)4-7(5)12/h4,8,14H,3,13H2,1-2H3,(H,15,16). The minimum atomic E-state index is -1.09. The van der Waals surface area contributed by atoms with Gasteiger partial charge in [-0.2, -0.15) is 0 Å². The lowest BCUT2D eigenvalue weighted by Crippen LogP contribution is -2.32. The topological polar surface area (TPSA) is 92.8 Å². The summed E-state index contributed by atoms with van der Waals surface area (Å²) in [5.74, 6) is -0.870. The van der Waals surface area contributed by atoms with Gasteiger partial charge in [-0.3, -0.25) is 4.79 Å². The van der Waals surface area contributed by atoms with Gasteiger partial charge in [0.05, 0.1) is 7.11 Å². The van der Waals surface area contributed by atoms with Crippen LogP contribution in [-0.4, -0.2) is 29.3 Å². The maximum absolute atomic E-state index is 10.7. The monoisotopic (exact) mass is 303 g/mol. The molecular formula is C11H14BrNO4. The summed E-state index contributed by atoms with van der Waals surface area (Å²) in [6.07, 6.45) is 0.0946. The van der Waals surface area contributed by atoms with Crippen molar-refractivity contribution in [3.05, 3.63) is 21.7 Å². The first-order chi connectivity index (χ1) is 7.88. The van der Waals surface area contributed by atoms with Crippen LogP contribution >= 0.6 is 15.9 Å². The van der Waals surface area contributed by atoms with Gasteiger partial charge < -0.3 is 20.7 Å². The van der Waals surface area contributed by atoms with E-state index in [0.29, 0.717) is 10.0 Å². The normalized spacial score (nSPS) is 12.2. The Balaban J connectivity index is 3.25. The van der Waals surface area contributed by atoms with E-state index in [1.54, 1.807) is 6.92 Å². The number of aromatic hydroxyl groups is 1. The molecule has 0 saturated carbocycles. The Morgan fingerprint density at radius 2 is 2.24 bits per heavy atom. The highest BCUT2D eigenvalue weighted by molar-refractivity contribution is 9.10. The van der Waals surface area contributed by atoms with Crippen LogP contribution in [0, 0.1) is 6.92 Å². The number of halogens is 1. The van der Waals surface area contributed by atoms with E-state index in [2.05, 4.69) is 15.9 Å². The average molecular weight is 304 g/mol. The van der Waals surface area contributed by atoms with Crippen LogP contribution in [-0.2, 0) is 11.2 Å². The molecular weight excluding hydrogens is 290 g/mol. The minimum absolute atomic E-state index is 0.0439. The fraction of sp³-hybridized carbons (Fsp3) is 0.364. The van der Waals surface area contributed by atoms with Gasteiger partial charge in [0.25, 0.3) is 0 Å². The number of ether oxygens (including phenoxy) is 1. The molecule has 0 spiro atoms.